The van der Waals surface area contributed by atoms with E-state index in [4.69, 9.17) is 17.0 Å². The molecule has 0 aliphatic rings. The summed E-state index contributed by atoms with van der Waals surface area (Å²) in [5.41, 5.74) is 0.815. The van der Waals surface area contributed by atoms with Crippen LogP contribution in [0, 0.1) is 4.77 Å². The van der Waals surface area contributed by atoms with Crippen molar-refractivity contribution in [2.45, 2.75) is 19.9 Å². The second-order valence-corrected chi connectivity index (χ2v) is 8.31. The minimum atomic E-state index is -0.547. The lowest BCUT2D eigenvalue weighted by Crippen LogP contribution is -2.24. The lowest BCUT2D eigenvalue weighted by Gasteiger charge is -2.14. The van der Waals surface area contributed by atoms with Gasteiger partial charge in [-0.05, 0) is 55.7 Å². The molecule has 144 valence electrons. The molecule has 1 aromatic carbocycles. The maximum atomic E-state index is 12.9. The van der Waals surface area contributed by atoms with E-state index in [0.717, 1.165) is 20.8 Å². The summed E-state index contributed by atoms with van der Waals surface area (Å²) in [4.78, 5) is 18.3. The molecule has 0 saturated heterocycles. The first-order valence-corrected chi connectivity index (χ1v) is 10.7. The number of anilines is 1. The Bertz CT molecular complexity index is 1180. The third-order valence-corrected chi connectivity index (χ3v) is 6.20. The topological polar surface area (TPSA) is 84.8 Å². The molecule has 4 aromatic rings. The lowest BCUT2D eigenvalue weighted by molar-refractivity contribution is -0.118. The number of carbonyl (C=O) groups is 1. The van der Waals surface area contributed by atoms with E-state index in [0.29, 0.717) is 22.3 Å². The van der Waals surface area contributed by atoms with Gasteiger partial charge in [0.25, 0.3) is 0 Å². The summed E-state index contributed by atoms with van der Waals surface area (Å²) in [5.74, 6) is 1.22. The standard InChI is InChI=1S/C18H17N5O2S3/c1-3-25-11-6-7-12-14(9-11)28-17(19-12)20-16(24)10(2)23-15(21-22-18(23)26)13-5-4-8-27-13/h4-10H,3H2,1-2H3,(H,22,26)(H,19,20,24). The number of fused-ring (bicyclic) bond motifs is 1. The summed E-state index contributed by atoms with van der Waals surface area (Å²) in [5, 5.41) is 12.4. The van der Waals surface area contributed by atoms with Gasteiger partial charge in [-0.2, -0.15) is 5.10 Å². The highest BCUT2D eigenvalue weighted by Gasteiger charge is 2.22. The second-order valence-electron chi connectivity index (χ2n) is 5.95. The fraction of sp³-hybridized carbons (Fsp3) is 0.222. The van der Waals surface area contributed by atoms with Crippen LogP contribution in [0.25, 0.3) is 20.9 Å². The van der Waals surface area contributed by atoms with E-state index in [2.05, 4.69) is 20.5 Å². The van der Waals surface area contributed by atoms with E-state index >= 15 is 0 Å². The zero-order valence-electron chi connectivity index (χ0n) is 15.1. The smallest absolute Gasteiger partial charge is 0.249 e. The Morgan fingerprint density at radius 3 is 3.04 bits per heavy atom. The van der Waals surface area contributed by atoms with Gasteiger partial charge in [0.15, 0.2) is 15.7 Å². The highest BCUT2D eigenvalue weighted by Crippen LogP contribution is 2.30. The molecule has 0 aliphatic heterocycles. The van der Waals surface area contributed by atoms with Crippen LogP contribution in [-0.2, 0) is 4.79 Å². The first-order valence-electron chi connectivity index (χ1n) is 8.62. The molecule has 1 atom stereocenters. The van der Waals surface area contributed by atoms with Gasteiger partial charge in [-0.15, -0.1) is 11.3 Å². The number of thiophene rings is 1. The minimum Gasteiger partial charge on any atom is -0.494 e. The van der Waals surface area contributed by atoms with Gasteiger partial charge in [0.2, 0.25) is 5.91 Å². The number of H-pyrrole nitrogens is 1. The first-order chi connectivity index (χ1) is 13.6. The number of ether oxygens (including phenoxy) is 1. The molecule has 0 aliphatic carbocycles. The summed E-state index contributed by atoms with van der Waals surface area (Å²) in [7, 11) is 0. The molecular weight excluding hydrogens is 414 g/mol. The molecule has 7 nitrogen and oxygen atoms in total. The van der Waals surface area contributed by atoms with Gasteiger partial charge in [0, 0.05) is 0 Å². The minimum absolute atomic E-state index is 0.209. The Kier molecular flexibility index (Phi) is 5.25. The molecule has 3 heterocycles. The van der Waals surface area contributed by atoms with Gasteiger partial charge in [0.1, 0.15) is 11.8 Å². The van der Waals surface area contributed by atoms with E-state index in [1.807, 2.05) is 42.6 Å². The quantitative estimate of drug-likeness (QED) is 0.425. The number of amides is 1. The van der Waals surface area contributed by atoms with E-state index in [9.17, 15) is 4.79 Å². The number of nitrogens with zero attached hydrogens (tertiary/aromatic N) is 3. The predicted octanol–water partition coefficient (Wildman–Crippen LogP) is 4.88. The van der Waals surface area contributed by atoms with Crippen molar-refractivity contribution in [2.75, 3.05) is 11.9 Å². The fourth-order valence-corrected chi connectivity index (χ4v) is 4.68. The first kappa shape index (κ1) is 18.8. The average molecular weight is 432 g/mol. The van der Waals surface area contributed by atoms with Crippen LogP contribution >= 0.6 is 34.9 Å². The summed E-state index contributed by atoms with van der Waals surface area (Å²) in [6, 6.07) is 9.02. The van der Waals surface area contributed by atoms with Crippen LogP contribution in [0.15, 0.2) is 35.7 Å². The molecule has 28 heavy (non-hydrogen) atoms. The van der Waals surface area contributed by atoms with Crippen molar-refractivity contribution in [3.63, 3.8) is 0 Å². The molecule has 0 saturated carbocycles. The summed E-state index contributed by atoms with van der Waals surface area (Å²) in [6.45, 7) is 4.33. The number of aromatic nitrogens is 4. The number of thiazole rings is 1. The van der Waals surface area contributed by atoms with Crippen molar-refractivity contribution in [3.8, 4) is 16.5 Å². The second kappa shape index (κ2) is 7.82. The van der Waals surface area contributed by atoms with Crippen LogP contribution in [0.5, 0.6) is 5.75 Å². The largest absolute Gasteiger partial charge is 0.494 e. The van der Waals surface area contributed by atoms with Gasteiger partial charge in [0.05, 0.1) is 21.7 Å². The molecule has 0 spiro atoms. The van der Waals surface area contributed by atoms with Crippen molar-refractivity contribution >= 4 is 56.1 Å². The highest BCUT2D eigenvalue weighted by molar-refractivity contribution is 7.71. The molecule has 1 unspecified atom stereocenters. The Morgan fingerprint density at radius 1 is 1.43 bits per heavy atom. The van der Waals surface area contributed by atoms with Crippen molar-refractivity contribution < 1.29 is 9.53 Å². The third kappa shape index (κ3) is 3.58. The van der Waals surface area contributed by atoms with Crippen molar-refractivity contribution in [2.24, 2.45) is 0 Å². The molecule has 1 amide bonds. The Hall–Kier alpha value is -2.56. The third-order valence-electron chi connectivity index (χ3n) is 4.11. The van der Waals surface area contributed by atoms with E-state index in [1.165, 1.54) is 11.3 Å². The SMILES string of the molecule is CCOc1ccc2nc(NC(=O)C(C)n3c(-c4cccs4)n[nH]c3=S)sc2c1. The van der Waals surface area contributed by atoms with Crippen LogP contribution in [0.1, 0.15) is 19.9 Å². The number of carbonyl (C=O) groups excluding carboxylic acids is 1. The maximum Gasteiger partial charge on any atom is 0.249 e. The number of nitrogens with one attached hydrogen (secondary N) is 2. The average Bonchev–Trinajstić information content (AvgIpc) is 3.40. The Morgan fingerprint density at radius 2 is 2.29 bits per heavy atom. The van der Waals surface area contributed by atoms with Crippen LogP contribution in [0.2, 0.25) is 0 Å². The Labute approximate surface area is 174 Å². The molecule has 2 N–H and O–H groups in total. The normalized spacial score (nSPS) is 12.2. The lowest BCUT2D eigenvalue weighted by atomic mass is 10.3. The molecule has 4 rings (SSSR count). The number of hydrogen-bond acceptors (Lipinski definition) is 7. The van der Waals surface area contributed by atoms with Gasteiger partial charge in [-0.3, -0.25) is 14.5 Å². The maximum absolute atomic E-state index is 12.9. The molecular formula is C18H17N5O2S3. The van der Waals surface area contributed by atoms with Gasteiger partial charge >= 0.3 is 0 Å². The van der Waals surface area contributed by atoms with Gasteiger partial charge < -0.3 is 10.1 Å². The molecule has 0 bridgehead atoms. The van der Waals surface area contributed by atoms with E-state index in [1.54, 1.807) is 22.8 Å². The molecule has 0 radical (unpaired) electrons. The number of rotatable bonds is 6. The van der Waals surface area contributed by atoms with Crippen molar-refractivity contribution in [1.82, 2.24) is 19.7 Å². The van der Waals surface area contributed by atoms with Gasteiger partial charge in [-0.1, -0.05) is 17.4 Å². The Balaban J connectivity index is 1.58. The molecule has 0 fully saturated rings. The van der Waals surface area contributed by atoms with E-state index < -0.39 is 6.04 Å². The van der Waals surface area contributed by atoms with Crippen LogP contribution in [0.3, 0.4) is 0 Å². The highest BCUT2D eigenvalue weighted by atomic mass is 32.1. The molecule has 10 heteroatoms. The summed E-state index contributed by atoms with van der Waals surface area (Å²) < 4.78 is 8.59. The number of hydrogen-bond donors (Lipinski definition) is 2. The zero-order valence-corrected chi connectivity index (χ0v) is 17.6. The van der Waals surface area contributed by atoms with Crippen LogP contribution in [-0.4, -0.2) is 32.3 Å². The summed E-state index contributed by atoms with van der Waals surface area (Å²) in [6.07, 6.45) is 0. The fourth-order valence-electron chi connectivity index (χ4n) is 2.79. The number of benzene rings is 1. The van der Waals surface area contributed by atoms with Crippen LogP contribution < -0.4 is 10.1 Å². The number of aromatic amines is 1. The predicted molar refractivity (Wildman–Crippen MR) is 115 cm³/mol. The summed E-state index contributed by atoms with van der Waals surface area (Å²) >= 11 is 8.29. The zero-order chi connectivity index (χ0) is 19.7. The monoisotopic (exact) mass is 431 g/mol. The van der Waals surface area contributed by atoms with Crippen LogP contribution in [0.4, 0.5) is 5.13 Å². The van der Waals surface area contributed by atoms with Gasteiger partial charge in [-0.25, -0.2) is 4.98 Å². The molecule has 3 aromatic heterocycles. The van der Waals surface area contributed by atoms with Crippen molar-refractivity contribution in [3.05, 3.63) is 40.5 Å². The van der Waals surface area contributed by atoms with E-state index in [-0.39, 0.29) is 5.91 Å². The van der Waals surface area contributed by atoms with Crippen molar-refractivity contribution in [1.29, 1.82) is 0 Å².